The van der Waals surface area contributed by atoms with E-state index in [9.17, 15) is 14.3 Å². The van der Waals surface area contributed by atoms with Gasteiger partial charge in [0.05, 0.1) is 25.9 Å². The van der Waals surface area contributed by atoms with Crippen molar-refractivity contribution in [1.29, 1.82) is 0 Å². The molecule has 0 unspecified atom stereocenters. The summed E-state index contributed by atoms with van der Waals surface area (Å²) in [6, 6.07) is 11.2. The molecule has 2 N–H and O–H groups in total. The topological polar surface area (TPSA) is 78.0 Å². The molecule has 2 aromatic carbocycles. The van der Waals surface area contributed by atoms with Gasteiger partial charge in [0.15, 0.2) is 5.67 Å². The first kappa shape index (κ1) is 22.8. The van der Waals surface area contributed by atoms with Gasteiger partial charge in [-0.2, -0.15) is 0 Å². The highest BCUT2D eigenvalue weighted by Crippen LogP contribution is 2.36. The zero-order valence-electron chi connectivity index (χ0n) is 19.5. The molecule has 2 saturated heterocycles. The number of halogens is 1. The smallest absolute Gasteiger partial charge is 0.335 e. The van der Waals surface area contributed by atoms with E-state index in [2.05, 4.69) is 33.8 Å². The van der Waals surface area contributed by atoms with Gasteiger partial charge in [-0.3, -0.25) is 9.80 Å². The lowest BCUT2D eigenvalue weighted by molar-refractivity contribution is -0.145. The van der Waals surface area contributed by atoms with Crippen molar-refractivity contribution in [2.24, 2.45) is 0 Å². The average Bonchev–Trinajstić information content (AvgIpc) is 3.31. The molecule has 2 aliphatic rings. The molecule has 0 saturated carbocycles. The fourth-order valence-corrected chi connectivity index (χ4v) is 5.17. The van der Waals surface area contributed by atoms with Crippen molar-refractivity contribution < 1.29 is 23.8 Å². The number of H-pyrrole nitrogens is 1. The number of aromatic nitrogens is 1. The molecule has 0 amide bonds. The first-order valence-corrected chi connectivity index (χ1v) is 11.6. The fraction of sp³-hybridized carbons (Fsp3) is 0.423. The van der Waals surface area contributed by atoms with Gasteiger partial charge in [-0.15, -0.1) is 0 Å². The molecular weight excluding hydrogens is 437 g/mol. The van der Waals surface area contributed by atoms with Crippen molar-refractivity contribution in [2.45, 2.75) is 25.2 Å². The molecular formula is C26H30FN3O4. The number of alkyl halides is 1. The number of nitrogens with one attached hydrogen (secondary N) is 1. The normalized spacial score (nSPS) is 20.9. The highest BCUT2D eigenvalue weighted by atomic mass is 19.1. The SMILES string of the molecule is COc1cc(C)c2[nH]ccc2c1CN1CCN(CC2(F)COC2)C[C@@H]1c1ccc(C(=O)O)cc1. The second-order valence-electron chi connectivity index (χ2n) is 9.43. The van der Waals surface area contributed by atoms with E-state index in [1.54, 1.807) is 19.2 Å². The van der Waals surface area contributed by atoms with Gasteiger partial charge < -0.3 is 19.6 Å². The number of piperazine rings is 1. The van der Waals surface area contributed by atoms with Gasteiger partial charge in [-0.1, -0.05) is 12.1 Å². The van der Waals surface area contributed by atoms with Gasteiger partial charge in [0, 0.05) is 61.4 Å². The Morgan fingerprint density at radius 1 is 1.26 bits per heavy atom. The van der Waals surface area contributed by atoms with Crippen molar-refractivity contribution in [3.05, 3.63) is 64.8 Å². The predicted octanol–water partition coefficient (Wildman–Crippen LogP) is 3.78. The van der Waals surface area contributed by atoms with Crippen LogP contribution in [0.4, 0.5) is 4.39 Å². The highest BCUT2D eigenvalue weighted by Gasteiger charge is 2.42. The molecule has 1 atom stereocenters. The number of benzene rings is 2. The number of ether oxygens (including phenoxy) is 2. The molecule has 8 heteroatoms. The molecule has 1 aromatic heterocycles. The van der Waals surface area contributed by atoms with Crippen LogP contribution >= 0.6 is 0 Å². The maximum absolute atomic E-state index is 14.8. The number of hydrogen-bond donors (Lipinski definition) is 2. The van der Waals surface area contributed by atoms with Crippen LogP contribution in [-0.4, -0.2) is 78.0 Å². The molecule has 7 nitrogen and oxygen atoms in total. The van der Waals surface area contributed by atoms with Gasteiger partial charge in [-0.25, -0.2) is 9.18 Å². The Balaban J connectivity index is 1.46. The highest BCUT2D eigenvalue weighted by molar-refractivity contribution is 5.88. The summed E-state index contributed by atoms with van der Waals surface area (Å²) >= 11 is 0. The predicted molar refractivity (Wildman–Crippen MR) is 127 cm³/mol. The lowest BCUT2D eigenvalue weighted by atomic mass is 9.97. The number of aromatic amines is 1. The quantitative estimate of drug-likeness (QED) is 0.551. The van der Waals surface area contributed by atoms with Crippen molar-refractivity contribution in [3.63, 3.8) is 0 Å². The number of aromatic carboxylic acids is 1. The third-order valence-electron chi connectivity index (χ3n) is 7.04. The molecule has 0 bridgehead atoms. The number of carboxylic acid groups (broad SMARTS) is 1. The molecule has 3 aromatic rings. The molecule has 0 spiro atoms. The van der Waals surface area contributed by atoms with Gasteiger partial charge >= 0.3 is 5.97 Å². The van der Waals surface area contributed by atoms with Crippen LogP contribution in [0.1, 0.15) is 33.1 Å². The van der Waals surface area contributed by atoms with Crippen LogP contribution in [0.15, 0.2) is 42.6 Å². The minimum Gasteiger partial charge on any atom is -0.496 e. The number of fused-ring (bicyclic) bond motifs is 1. The summed E-state index contributed by atoms with van der Waals surface area (Å²) in [5.41, 5.74) is 3.33. The van der Waals surface area contributed by atoms with Gasteiger partial charge in [0.1, 0.15) is 5.75 Å². The molecule has 3 heterocycles. The van der Waals surface area contributed by atoms with Crippen LogP contribution in [0, 0.1) is 6.92 Å². The maximum atomic E-state index is 14.8. The Labute approximate surface area is 198 Å². The number of carbonyl (C=O) groups is 1. The van der Waals surface area contributed by atoms with Crippen LogP contribution in [0.5, 0.6) is 5.75 Å². The Bertz CT molecular complexity index is 1190. The van der Waals surface area contributed by atoms with Crippen LogP contribution < -0.4 is 4.74 Å². The van der Waals surface area contributed by atoms with E-state index in [-0.39, 0.29) is 24.8 Å². The van der Waals surface area contributed by atoms with Crippen molar-refractivity contribution in [2.75, 3.05) is 46.5 Å². The Kier molecular flexibility index (Phi) is 6.06. The van der Waals surface area contributed by atoms with E-state index >= 15 is 0 Å². The molecule has 0 radical (unpaired) electrons. The Morgan fingerprint density at radius 2 is 2.03 bits per heavy atom. The number of aryl methyl sites for hydroxylation is 1. The minimum atomic E-state index is -1.28. The second-order valence-corrected chi connectivity index (χ2v) is 9.43. The Hall–Kier alpha value is -2.94. The van der Waals surface area contributed by atoms with Gasteiger partial charge in [0.25, 0.3) is 0 Å². The van der Waals surface area contributed by atoms with Crippen LogP contribution in [0.3, 0.4) is 0 Å². The molecule has 0 aliphatic carbocycles. The van der Waals surface area contributed by atoms with E-state index in [0.717, 1.165) is 46.4 Å². The zero-order valence-corrected chi connectivity index (χ0v) is 19.5. The van der Waals surface area contributed by atoms with Crippen LogP contribution in [0.25, 0.3) is 10.9 Å². The summed E-state index contributed by atoms with van der Waals surface area (Å²) in [5, 5.41) is 10.4. The van der Waals surface area contributed by atoms with E-state index in [1.165, 1.54) is 0 Å². The fourth-order valence-electron chi connectivity index (χ4n) is 5.17. The Morgan fingerprint density at radius 3 is 2.68 bits per heavy atom. The number of rotatable bonds is 7. The van der Waals surface area contributed by atoms with Gasteiger partial charge in [-0.05, 0) is 42.3 Å². The summed E-state index contributed by atoms with van der Waals surface area (Å²) < 4.78 is 25.7. The molecule has 34 heavy (non-hydrogen) atoms. The first-order valence-electron chi connectivity index (χ1n) is 11.6. The minimum absolute atomic E-state index is 0.0128. The summed E-state index contributed by atoms with van der Waals surface area (Å²) in [6.45, 7) is 5.54. The monoisotopic (exact) mass is 467 g/mol. The summed E-state index contributed by atoms with van der Waals surface area (Å²) in [5.74, 6) is -0.0985. The maximum Gasteiger partial charge on any atom is 0.335 e. The molecule has 180 valence electrons. The van der Waals surface area contributed by atoms with Crippen molar-refractivity contribution >= 4 is 16.9 Å². The third kappa shape index (κ3) is 4.29. The van der Waals surface area contributed by atoms with E-state index < -0.39 is 11.6 Å². The number of methoxy groups -OCH3 is 1. The summed E-state index contributed by atoms with van der Waals surface area (Å²) in [4.78, 5) is 19.2. The molecule has 2 aliphatic heterocycles. The second kappa shape index (κ2) is 9.02. The van der Waals surface area contributed by atoms with Gasteiger partial charge in [0.2, 0.25) is 0 Å². The van der Waals surface area contributed by atoms with E-state index in [4.69, 9.17) is 9.47 Å². The van der Waals surface area contributed by atoms with Crippen molar-refractivity contribution in [1.82, 2.24) is 14.8 Å². The van der Waals surface area contributed by atoms with E-state index in [1.807, 2.05) is 18.3 Å². The largest absolute Gasteiger partial charge is 0.496 e. The molecule has 2 fully saturated rings. The lowest BCUT2D eigenvalue weighted by Crippen LogP contribution is -2.57. The number of hydrogen-bond acceptors (Lipinski definition) is 5. The zero-order chi connectivity index (χ0) is 23.9. The summed E-state index contributed by atoms with van der Waals surface area (Å²) in [7, 11) is 1.69. The van der Waals surface area contributed by atoms with Crippen LogP contribution in [0.2, 0.25) is 0 Å². The third-order valence-corrected chi connectivity index (χ3v) is 7.04. The number of carboxylic acids is 1. The standard InChI is InChI=1S/C26H30FN3O4/c1-17-11-23(33-2)21(20-7-8-28-24(17)20)12-30-10-9-29(14-26(27)15-34-16-26)13-22(30)18-3-5-19(6-4-18)25(31)32/h3-8,11,22,28H,9-10,12-16H2,1-2H3,(H,31,32)/t22-/m1/s1. The number of nitrogens with zero attached hydrogens (tertiary/aromatic N) is 2. The summed E-state index contributed by atoms with van der Waals surface area (Å²) in [6.07, 6.45) is 1.95. The lowest BCUT2D eigenvalue weighted by Gasteiger charge is -2.45. The van der Waals surface area contributed by atoms with Crippen molar-refractivity contribution in [3.8, 4) is 5.75 Å². The van der Waals surface area contributed by atoms with Crippen LogP contribution in [-0.2, 0) is 11.3 Å². The average molecular weight is 468 g/mol. The van der Waals surface area contributed by atoms with E-state index in [0.29, 0.717) is 19.6 Å². The first-order chi connectivity index (χ1) is 16.4. The molecule has 5 rings (SSSR count).